The third-order valence-corrected chi connectivity index (χ3v) is 1.80. The molecule has 0 heterocycles. The molecule has 0 aliphatic rings. The minimum atomic E-state index is -2.05. The van der Waals surface area contributed by atoms with Crippen molar-refractivity contribution in [1.82, 2.24) is 0 Å². The number of nitro groups is 1. The first-order valence-electron chi connectivity index (χ1n) is 4.08. The van der Waals surface area contributed by atoms with Crippen LogP contribution in [0.15, 0.2) is 12.2 Å². The number of esters is 1. The first-order chi connectivity index (χ1) is 6.89. The van der Waals surface area contributed by atoms with Crippen molar-refractivity contribution in [3.8, 4) is 0 Å². The van der Waals surface area contributed by atoms with Gasteiger partial charge in [0.05, 0.1) is 0 Å². The predicted molar refractivity (Wildman–Crippen MR) is 49.7 cm³/mol. The van der Waals surface area contributed by atoms with Crippen LogP contribution < -0.4 is 0 Å². The molecule has 0 atom stereocenters. The number of hydrogen-bond donors (Lipinski definition) is 2. The minimum Gasteiger partial charge on any atom is -0.454 e. The average molecular weight is 219 g/mol. The molecule has 0 saturated heterocycles. The van der Waals surface area contributed by atoms with Crippen LogP contribution in [0.25, 0.3) is 0 Å². The lowest BCUT2D eigenvalue weighted by Crippen LogP contribution is -2.50. The summed E-state index contributed by atoms with van der Waals surface area (Å²) < 4.78 is 4.51. The first-order valence-corrected chi connectivity index (χ1v) is 4.08. The van der Waals surface area contributed by atoms with E-state index in [1.165, 1.54) is 6.92 Å². The number of aliphatic hydroxyl groups is 2. The van der Waals surface area contributed by atoms with Gasteiger partial charge in [0.2, 0.25) is 0 Å². The molecule has 0 spiro atoms. The summed E-state index contributed by atoms with van der Waals surface area (Å²) >= 11 is 0. The monoisotopic (exact) mass is 219 g/mol. The van der Waals surface area contributed by atoms with Crippen molar-refractivity contribution in [1.29, 1.82) is 0 Å². The Kier molecular flexibility index (Phi) is 4.89. The van der Waals surface area contributed by atoms with Gasteiger partial charge in [0.25, 0.3) is 5.54 Å². The molecule has 0 aromatic heterocycles. The van der Waals surface area contributed by atoms with Crippen LogP contribution in [-0.4, -0.2) is 46.5 Å². The van der Waals surface area contributed by atoms with Gasteiger partial charge in [0, 0.05) is 10.5 Å². The van der Waals surface area contributed by atoms with Crippen LogP contribution in [0.5, 0.6) is 0 Å². The van der Waals surface area contributed by atoms with Crippen LogP contribution >= 0.6 is 0 Å². The highest BCUT2D eigenvalue weighted by Gasteiger charge is 2.43. The fraction of sp³-hybridized carbons (Fsp3) is 0.625. The maximum Gasteiger partial charge on any atom is 0.333 e. The quantitative estimate of drug-likeness (QED) is 0.259. The van der Waals surface area contributed by atoms with E-state index in [4.69, 9.17) is 10.2 Å². The molecule has 0 saturated carbocycles. The second-order valence-corrected chi connectivity index (χ2v) is 3.15. The van der Waals surface area contributed by atoms with Crippen molar-refractivity contribution in [2.24, 2.45) is 0 Å². The highest BCUT2D eigenvalue weighted by molar-refractivity contribution is 5.86. The van der Waals surface area contributed by atoms with Gasteiger partial charge in [-0.2, -0.15) is 0 Å². The van der Waals surface area contributed by atoms with Gasteiger partial charge >= 0.3 is 5.97 Å². The van der Waals surface area contributed by atoms with Crippen LogP contribution in [0, 0.1) is 10.1 Å². The first kappa shape index (κ1) is 13.5. The normalized spacial score (nSPS) is 10.9. The lowest BCUT2D eigenvalue weighted by molar-refractivity contribution is -0.580. The maximum absolute atomic E-state index is 10.9. The summed E-state index contributed by atoms with van der Waals surface area (Å²) in [5, 5.41) is 28.1. The highest BCUT2D eigenvalue weighted by atomic mass is 16.6. The van der Waals surface area contributed by atoms with E-state index in [2.05, 4.69) is 11.3 Å². The molecule has 0 unspecified atom stereocenters. The largest absolute Gasteiger partial charge is 0.454 e. The van der Waals surface area contributed by atoms with Crippen LogP contribution in [-0.2, 0) is 9.53 Å². The SMILES string of the molecule is C=C(C)C(=O)OCC(CO)(CO)[N+](=O)[O-]. The molecule has 0 amide bonds. The molecule has 86 valence electrons. The highest BCUT2D eigenvalue weighted by Crippen LogP contribution is 2.10. The van der Waals surface area contributed by atoms with Crippen molar-refractivity contribution >= 4 is 5.97 Å². The lowest BCUT2D eigenvalue weighted by atomic mass is 10.1. The smallest absolute Gasteiger partial charge is 0.333 e. The van der Waals surface area contributed by atoms with Crippen LogP contribution in [0.3, 0.4) is 0 Å². The van der Waals surface area contributed by atoms with Crippen molar-refractivity contribution in [3.05, 3.63) is 22.3 Å². The Labute approximate surface area is 86.1 Å². The van der Waals surface area contributed by atoms with Gasteiger partial charge in [-0.1, -0.05) is 6.58 Å². The van der Waals surface area contributed by atoms with Gasteiger partial charge in [-0.05, 0) is 6.92 Å². The van der Waals surface area contributed by atoms with E-state index in [9.17, 15) is 14.9 Å². The number of aliphatic hydroxyl groups excluding tert-OH is 2. The number of carbonyl (C=O) groups excluding carboxylic acids is 1. The van der Waals surface area contributed by atoms with E-state index in [0.717, 1.165) is 0 Å². The molecule has 0 aromatic carbocycles. The van der Waals surface area contributed by atoms with Crippen molar-refractivity contribution in [2.45, 2.75) is 12.5 Å². The molecular weight excluding hydrogens is 206 g/mol. The summed E-state index contributed by atoms with van der Waals surface area (Å²) in [6.45, 7) is 2.14. The number of rotatable bonds is 6. The second kappa shape index (κ2) is 5.42. The standard InChI is InChI=1S/C8H13NO6/c1-6(2)7(12)15-5-8(3-10,4-11)9(13)14/h10-11H,1,3-5H2,2H3. The Morgan fingerprint density at radius 1 is 1.53 bits per heavy atom. The molecule has 0 aromatic rings. The Morgan fingerprint density at radius 3 is 2.27 bits per heavy atom. The van der Waals surface area contributed by atoms with Crippen molar-refractivity contribution in [3.63, 3.8) is 0 Å². The average Bonchev–Trinajstić information content (AvgIpc) is 2.19. The van der Waals surface area contributed by atoms with E-state index in [0.29, 0.717) is 0 Å². The van der Waals surface area contributed by atoms with Gasteiger partial charge in [-0.3, -0.25) is 10.1 Å². The third kappa shape index (κ3) is 3.30. The number of nitrogens with zero attached hydrogens (tertiary/aromatic N) is 1. The molecule has 0 fully saturated rings. The molecule has 15 heavy (non-hydrogen) atoms. The Balaban J connectivity index is 4.50. The molecule has 0 aliphatic heterocycles. The second-order valence-electron chi connectivity index (χ2n) is 3.15. The molecule has 0 rings (SSSR count). The van der Waals surface area contributed by atoms with Crippen LogP contribution in [0.2, 0.25) is 0 Å². The minimum absolute atomic E-state index is 0.0862. The molecule has 0 aliphatic carbocycles. The predicted octanol–water partition coefficient (Wildman–Crippen LogP) is -0.894. The summed E-state index contributed by atoms with van der Waals surface area (Å²) in [6.07, 6.45) is 0. The van der Waals surface area contributed by atoms with Crippen molar-refractivity contribution in [2.75, 3.05) is 19.8 Å². The Hall–Kier alpha value is -1.47. The zero-order chi connectivity index (χ0) is 12.1. The Morgan fingerprint density at radius 2 is 2.00 bits per heavy atom. The molecule has 7 nitrogen and oxygen atoms in total. The van der Waals surface area contributed by atoms with Gasteiger partial charge in [-0.25, -0.2) is 4.79 Å². The number of carbonyl (C=O) groups is 1. The van der Waals surface area contributed by atoms with E-state index in [1.807, 2.05) is 0 Å². The molecule has 0 bridgehead atoms. The lowest BCUT2D eigenvalue weighted by Gasteiger charge is -2.20. The molecular formula is C8H13NO6. The van der Waals surface area contributed by atoms with Gasteiger partial charge in [0.1, 0.15) is 13.2 Å². The summed E-state index contributed by atoms with van der Waals surface area (Å²) in [5.74, 6) is -0.803. The number of hydrogen-bond acceptors (Lipinski definition) is 6. The summed E-state index contributed by atoms with van der Waals surface area (Å²) in [4.78, 5) is 20.6. The molecule has 2 N–H and O–H groups in total. The van der Waals surface area contributed by atoms with E-state index >= 15 is 0 Å². The summed E-state index contributed by atoms with van der Waals surface area (Å²) in [5.41, 5.74) is -1.96. The summed E-state index contributed by atoms with van der Waals surface area (Å²) in [7, 11) is 0. The fourth-order valence-corrected chi connectivity index (χ4v) is 0.633. The number of ether oxygens (including phenoxy) is 1. The topological polar surface area (TPSA) is 110 Å². The van der Waals surface area contributed by atoms with E-state index in [1.54, 1.807) is 0 Å². The van der Waals surface area contributed by atoms with Crippen LogP contribution in [0.1, 0.15) is 6.92 Å². The van der Waals surface area contributed by atoms with Gasteiger partial charge in [0.15, 0.2) is 6.61 Å². The van der Waals surface area contributed by atoms with Gasteiger partial charge in [-0.15, -0.1) is 0 Å². The van der Waals surface area contributed by atoms with E-state index in [-0.39, 0.29) is 5.57 Å². The zero-order valence-corrected chi connectivity index (χ0v) is 8.30. The molecule has 7 heteroatoms. The fourth-order valence-electron chi connectivity index (χ4n) is 0.633. The third-order valence-electron chi connectivity index (χ3n) is 1.80. The van der Waals surface area contributed by atoms with Crippen LogP contribution in [0.4, 0.5) is 0 Å². The van der Waals surface area contributed by atoms with Crippen molar-refractivity contribution < 1.29 is 24.7 Å². The zero-order valence-electron chi connectivity index (χ0n) is 8.30. The summed E-state index contributed by atoms with van der Waals surface area (Å²) in [6, 6.07) is 0. The van der Waals surface area contributed by atoms with E-state index < -0.39 is 36.3 Å². The molecule has 0 radical (unpaired) electrons. The van der Waals surface area contributed by atoms with Gasteiger partial charge < -0.3 is 14.9 Å². The Bertz CT molecular complexity index is 270. The maximum atomic E-state index is 10.9.